The second kappa shape index (κ2) is 7.67. The Kier molecular flexibility index (Phi) is 4.90. The monoisotopic (exact) mass is 399 g/mol. The number of carbonyl (C=O) groups is 1. The Bertz CT molecular complexity index is 1310. The third-order valence-electron chi connectivity index (χ3n) is 4.58. The molecule has 4 aromatic rings. The van der Waals surface area contributed by atoms with Gasteiger partial charge in [-0.05, 0) is 52.7 Å². The van der Waals surface area contributed by atoms with Crippen LogP contribution >= 0.6 is 11.6 Å². The van der Waals surface area contributed by atoms with E-state index in [2.05, 4.69) is 6.07 Å². The molecule has 0 spiro atoms. The molecule has 5 heteroatoms. The van der Waals surface area contributed by atoms with Crippen molar-refractivity contribution in [2.45, 2.75) is 0 Å². The van der Waals surface area contributed by atoms with Crippen LogP contribution in [0.2, 0.25) is 5.02 Å². The van der Waals surface area contributed by atoms with Crippen molar-refractivity contribution in [2.75, 3.05) is 0 Å². The Hall–Kier alpha value is -3.81. The van der Waals surface area contributed by atoms with Gasteiger partial charge in [-0.1, -0.05) is 54.1 Å². The third-order valence-corrected chi connectivity index (χ3v) is 4.89. The summed E-state index contributed by atoms with van der Waals surface area (Å²) in [5, 5.41) is 21.0. The molecule has 3 aromatic carbocycles. The van der Waals surface area contributed by atoms with Crippen molar-refractivity contribution in [1.82, 2.24) is 0 Å². The van der Waals surface area contributed by atoms with Gasteiger partial charge in [-0.2, -0.15) is 5.26 Å². The predicted molar refractivity (Wildman–Crippen MR) is 114 cm³/mol. The van der Waals surface area contributed by atoms with Crippen LogP contribution in [-0.2, 0) is 0 Å². The van der Waals surface area contributed by atoms with Crippen molar-refractivity contribution in [3.8, 4) is 17.4 Å². The lowest BCUT2D eigenvalue weighted by atomic mass is 10.0. The zero-order valence-electron chi connectivity index (χ0n) is 15.1. The first-order valence-corrected chi connectivity index (χ1v) is 9.17. The van der Waals surface area contributed by atoms with Crippen LogP contribution in [0.4, 0.5) is 0 Å². The van der Waals surface area contributed by atoms with Crippen LogP contribution in [0, 0.1) is 11.3 Å². The van der Waals surface area contributed by atoms with Gasteiger partial charge in [0.1, 0.15) is 11.5 Å². The Morgan fingerprint density at radius 3 is 2.52 bits per heavy atom. The molecule has 140 valence electrons. The topological polar surface area (TPSA) is 74.2 Å². The smallest absolute Gasteiger partial charge is 0.337 e. The molecular formula is C24H14ClNO3. The van der Waals surface area contributed by atoms with E-state index in [1.54, 1.807) is 30.3 Å². The summed E-state index contributed by atoms with van der Waals surface area (Å²) in [6.07, 6.45) is 1.68. The van der Waals surface area contributed by atoms with Crippen LogP contribution in [0.5, 0.6) is 0 Å². The molecule has 1 heterocycles. The number of allylic oxidation sites excluding steroid dienone is 1. The minimum absolute atomic E-state index is 0.0326. The van der Waals surface area contributed by atoms with E-state index in [0.717, 1.165) is 16.3 Å². The molecule has 0 aliphatic carbocycles. The predicted octanol–water partition coefficient (Wildman–Crippen LogP) is 6.52. The van der Waals surface area contributed by atoms with Crippen molar-refractivity contribution in [2.24, 2.45) is 0 Å². The number of hydrogen-bond acceptors (Lipinski definition) is 3. The molecule has 0 aliphatic rings. The number of fused-ring (bicyclic) bond motifs is 1. The van der Waals surface area contributed by atoms with E-state index in [-0.39, 0.29) is 10.6 Å². The van der Waals surface area contributed by atoms with Gasteiger partial charge in [-0.3, -0.25) is 0 Å². The molecule has 0 fully saturated rings. The summed E-state index contributed by atoms with van der Waals surface area (Å²) in [5.41, 5.74) is 1.97. The maximum absolute atomic E-state index is 11.1. The fraction of sp³-hybridized carbons (Fsp3) is 0. The minimum atomic E-state index is -1.08. The van der Waals surface area contributed by atoms with Gasteiger partial charge in [0.05, 0.1) is 22.2 Å². The molecule has 0 saturated carbocycles. The zero-order valence-corrected chi connectivity index (χ0v) is 15.9. The SMILES string of the molecule is N#CC(=Cc1ccc(-c2ccc(C(=O)O)c(Cl)c2)o1)c1ccc2ccccc2c1. The van der Waals surface area contributed by atoms with E-state index < -0.39 is 5.97 Å². The van der Waals surface area contributed by atoms with Crippen LogP contribution in [0.15, 0.2) is 77.2 Å². The molecule has 0 saturated heterocycles. The summed E-state index contributed by atoms with van der Waals surface area (Å²) in [4.78, 5) is 11.1. The van der Waals surface area contributed by atoms with E-state index in [9.17, 15) is 10.1 Å². The largest absolute Gasteiger partial charge is 0.478 e. The van der Waals surface area contributed by atoms with Gasteiger partial charge in [-0.25, -0.2) is 4.79 Å². The Balaban J connectivity index is 1.67. The van der Waals surface area contributed by atoms with Gasteiger partial charge in [0.2, 0.25) is 0 Å². The number of carboxylic acids is 1. The van der Waals surface area contributed by atoms with Gasteiger partial charge in [-0.15, -0.1) is 0 Å². The molecule has 0 radical (unpaired) electrons. The summed E-state index contributed by atoms with van der Waals surface area (Å²) >= 11 is 6.04. The van der Waals surface area contributed by atoms with Crippen LogP contribution in [0.25, 0.3) is 33.7 Å². The molecule has 0 unspecified atom stereocenters. The number of aromatic carboxylic acids is 1. The molecule has 0 amide bonds. The number of rotatable bonds is 4. The Morgan fingerprint density at radius 1 is 1.00 bits per heavy atom. The maximum atomic E-state index is 11.1. The average molecular weight is 400 g/mol. The fourth-order valence-electron chi connectivity index (χ4n) is 3.11. The van der Waals surface area contributed by atoms with Gasteiger partial charge >= 0.3 is 5.97 Å². The first-order chi connectivity index (χ1) is 14.0. The molecule has 29 heavy (non-hydrogen) atoms. The highest BCUT2D eigenvalue weighted by Gasteiger charge is 2.12. The summed E-state index contributed by atoms with van der Waals surface area (Å²) in [6, 6.07) is 24.2. The highest BCUT2D eigenvalue weighted by molar-refractivity contribution is 6.33. The van der Waals surface area contributed by atoms with Crippen molar-refractivity contribution in [3.05, 3.63) is 94.7 Å². The summed E-state index contributed by atoms with van der Waals surface area (Å²) < 4.78 is 5.83. The van der Waals surface area contributed by atoms with E-state index in [1.165, 1.54) is 6.07 Å². The summed E-state index contributed by atoms with van der Waals surface area (Å²) in [6.45, 7) is 0. The Morgan fingerprint density at radius 2 is 1.79 bits per heavy atom. The second-order valence-corrected chi connectivity index (χ2v) is 6.84. The van der Waals surface area contributed by atoms with E-state index in [1.807, 2.05) is 42.5 Å². The lowest BCUT2D eigenvalue weighted by molar-refractivity contribution is 0.0697. The molecule has 4 nitrogen and oxygen atoms in total. The van der Waals surface area contributed by atoms with E-state index in [4.69, 9.17) is 21.1 Å². The van der Waals surface area contributed by atoms with Gasteiger partial charge in [0.25, 0.3) is 0 Å². The first kappa shape index (κ1) is 18.5. The van der Waals surface area contributed by atoms with Crippen molar-refractivity contribution in [3.63, 3.8) is 0 Å². The number of nitrogens with zero attached hydrogens (tertiary/aromatic N) is 1. The zero-order chi connectivity index (χ0) is 20.4. The number of halogens is 1. The number of benzene rings is 3. The summed E-state index contributed by atoms with van der Waals surface area (Å²) in [5.74, 6) is -0.0345. The van der Waals surface area contributed by atoms with E-state index in [0.29, 0.717) is 22.7 Å². The molecule has 4 rings (SSSR count). The molecule has 0 aliphatic heterocycles. The van der Waals surface area contributed by atoms with Crippen LogP contribution < -0.4 is 0 Å². The van der Waals surface area contributed by atoms with E-state index >= 15 is 0 Å². The highest BCUT2D eigenvalue weighted by atomic mass is 35.5. The fourth-order valence-corrected chi connectivity index (χ4v) is 3.37. The number of furan rings is 1. The lowest BCUT2D eigenvalue weighted by Crippen LogP contribution is -1.96. The van der Waals surface area contributed by atoms with Crippen molar-refractivity contribution >= 4 is 40.0 Å². The lowest BCUT2D eigenvalue weighted by Gasteiger charge is -2.03. The van der Waals surface area contributed by atoms with Gasteiger partial charge < -0.3 is 9.52 Å². The van der Waals surface area contributed by atoms with Crippen molar-refractivity contribution in [1.29, 1.82) is 5.26 Å². The normalized spacial score (nSPS) is 11.4. The minimum Gasteiger partial charge on any atom is -0.478 e. The number of hydrogen-bond donors (Lipinski definition) is 1. The summed E-state index contributed by atoms with van der Waals surface area (Å²) in [7, 11) is 0. The molecule has 0 atom stereocenters. The molecular weight excluding hydrogens is 386 g/mol. The molecule has 1 N–H and O–H groups in total. The molecule has 1 aromatic heterocycles. The average Bonchev–Trinajstić information content (AvgIpc) is 3.20. The Labute approximate surface area is 171 Å². The van der Waals surface area contributed by atoms with Crippen molar-refractivity contribution < 1.29 is 14.3 Å². The quantitative estimate of drug-likeness (QED) is 0.396. The second-order valence-electron chi connectivity index (χ2n) is 6.43. The maximum Gasteiger partial charge on any atom is 0.337 e. The first-order valence-electron chi connectivity index (χ1n) is 8.79. The van der Waals surface area contributed by atoms with Gasteiger partial charge in [0, 0.05) is 5.56 Å². The molecule has 0 bridgehead atoms. The van der Waals surface area contributed by atoms with Crippen LogP contribution in [-0.4, -0.2) is 11.1 Å². The van der Waals surface area contributed by atoms with Crippen LogP contribution in [0.3, 0.4) is 0 Å². The number of nitriles is 1. The van der Waals surface area contributed by atoms with Gasteiger partial charge in [0.15, 0.2) is 0 Å². The number of carboxylic acid groups (broad SMARTS) is 1. The third kappa shape index (κ3) is 3.77. The highest BCUT2D eigenvalue weighted by Crippen LogP contribution is 2.29. The standard InChI is InChI=1S/C24H14ClNO3/c25-22-13-18(7-9-21(22)24(27)28)23-10-8-20(29-23)12-19(14-26)17-6-5-15-3-1-2-4-16(15)11-17/h1-13H,(H,27,28). The van der Waals surface area contributed by atoms with Crippen LogP contribution in [0.1, 0.15) is 21.7 Å².